The van der Waals surface area contributed by atoms with Crippen molar-refractivity contribution >= 4 is 0 Å². The first-order valence-corrected chi connectivity index (χ1v) is 3.16. The van der Waals surface area contributed by atoms with Gasteiger partial charge in [0.25, 0.3) is 6.43 Å². The molecule has 1 N–H and O–H groups in total. The van der Waals surface area contributed by atoms with Crippen LogP contribution in [0.5, 0.6) is 11.5 Å². The van der Waals surface area contributed by atoms with Crippen molar-refractivity contribution in [2.24, 2.45) is 0 Å². The van der Waals surface area contributed by atoms with E-state index in [1.807, 2.05) is 0 Å². The average Bonchev–Trinajstić information content (AvgIpc) is 2.05. The van der Waals surface area contributed by atoms with Gasteiger partial charge in [-0.2, -0.15) is 0 Å². The Labute approximate surface area is 67.6 Å². The summed E-state index contributed by atoms with van der Waals surface area (Å²) >= 11 is 0. The maximum Gasteiger partial charge on any atom is 0.280 e. The highest BCUT2D eigenvalue weighted by Gasteiger charge is 2.11. The van der Waals surface area contributed by atoms with E-state index < -0.39 is 12.1 Å². The average molecular weight is 175 g/mol. The van der Waals surface area contributed by atoms with E-state index in [9.17, 15) is 8.78 Å². The maximum atomic E-state index is 12.0. The van der Waals surface area contributed by atoms with Crippen LogP contribution in [-0.2, 0) is 0 Å². The van der Waals surface area contributed by atoms with E-state index in [2.05, 4.69) is 9.72 Å². The Morgan fingerprint density at radius 3 is 2.75 bits per heavy atom. The van der Waals surface area contributed by atoms with Crippen molar-refractivity contribution in [2.45, 2.75) is 6.43 Å². The van der Waals surface area contributed by atoms with Crippen LogP contribution in [0, 0.1) is 0 Å². The second kappa shape index (κ2) is 3.34. The van der Waals surface area contributed by atoms with Crippen molar-refractivity contribution < 1.29 is 18.6 Å². The zero-order valence-corrected chi connectivity index (χ0v) is 6.29. The van der Waals surface area contributed by atoms with Gasteiger partial charge >= 0.3 is 0 Å². The molecule has 1 aromatic heterocycles. The van der Waals surface area contributed by atoms with Gasteiger partial charge in [-0.25, -0.2) is 8.78 Å². The Bertz CT molecular complexity index is 278. The number of ether oxygens (including phenoxy) is 1. The van der Waals surface area contributed by atoms with Gasteiger partial charge in [0.15, 0.2) is 11.5 Å². The number of rotatable bonds is 2. The fourth-order valence-electron chi connectivity index (χ4n) is 0.728. The largest absolute Gasteiger partial charge is 0.503 e. The van der Waals surface area contributed by atoms with Gasteiger partial charge in [-0.1, -0.05) is 0 Å². The number of methoxy groups -OCH3 is 1. The van der Waals surface area contributed by atoms with E-state index >= 15 is 0 Å². The molecule has 1 aromatic rings. The van der Waals surface area contributed by atoms with E-state index in [1.54, 1.807) is 0 Å². The van der Waals surface area contributed by atoms with Crippen molar-refractivity contribution in [3.8, 4) is 11.5 Å². The predicted molar refractivity (Wildman–Crippen MR) is 37.4 cm³/mol. The molecule has 0 fully saturated rings. The van der Waals surface area contributed by atoms with E-state index in [1.165, 1.54) is 7.11 Å². The van der Waals surface area contributed by atoms with Crippen LogP contribution in [0.3, 0.4) is 0 Å². The zero-order valence-electron chi connectivity index (χ0n) is 6.29. The summed E-state index contributed by atoms with van der Waals surface area (Å²) in [5, 5.41) is 8.98. The third kappa shape index (κ3) is 1.61. The molecule has 0 unspecified atom stereocenters. The Balaban J connectivity index is 3.05. The lowest BCUT2D eigenvalue weighted by atomic mass is 10.3. The lowest BCUT2D eigenvalue weighted by Gasteiger charge is -2.04. The van der Waals surface area contributed by atoms with Gasteiger partial charge in [0.2, 0.25) is 0 Å². The summed E-state index contributed by atoms with van der Waals surface area (Å²) in [6.45, 7) is 0. The number of pyridine rings is 1. The number of hydrogen-bond acceptors (Lipinski definition) is 3. The molecule has 0 aliphatic heterocycles. The molecular formula is C7H7F2NO2. The molecule has 0 saturated carbocycles. The number of hydrogen-bond donors (Lipinski definition) is 1. The van der Waals surface area contributed by atoms with Gasteiger partial charge in [-0.05, 0) is 0 Å². The Hall–Kier alpha value is -1.39. The molecule has 0 aliphatic carbocycles. The van der Waals surface area contributed by atoms with Crippen molar-refractivity contribution in [1.29, 1.82) is 0 Å². The molecule has 0 radical (unpaired) electrons. The summed E-state index contributed by atoms with van der Waals surface area (Å²) < 4.78 is 28.6. The standard InChI is InChI=1S/C7H7F2NO2/c1-12-6-2-4(7(8)9)10-3-5(6)11/h2-3,7,11H,1H3. The van der Waals surface area contributed by atoms with Crippen LogP contribution in [0.4, 0.5) is 8.78 Å². The molecule has 1 heterocycles. The van der Waals surface area contributed by atoms with Crippen molar-refractivity contribution in [1.82, 2.24) is 4.98 Å². The first-order chi connectivity index (χ1) is 5.65. The molecule has 3 nitrogen and oxygen atoms in total. The minimum Gasteiger partial charge on any atom is -0.503 e. The van der Waals surface area contributed by atoms with Crippen LogP contribution in [0.1, 0.15) is 12.1 Å². The van der Waals surface area contributed by atoms with Crippen molar-refractivity contribution in [3.63, 3.8) is 0 Å². The van der Waals surface area contributed by atoms with Crippen LogP contribution in [0.2, 0.25) is 0 Å². The second-order valence-corrected chi connectivity index (χ2v) is 2.08. The zero-order chi connectivity index (χ0) is 9.14. The van der Waals surface area contributed by atoms with Crippen LogP contribution in [0.25, 0.3) is 0 Å². The number of aromatic nitrogens is 1. The van der Waals surface area contributed by atoms with E-state index in [0.29, 0.717) is 0 Å². The number of halogens is 2. The Morgan fingerprint density at radius 1 is 1.58 bits per heavy atom. The fraction of sp³-hybridized carbons (Fsp3) is 0.286. The van der Waals surface area contributed by atoms with Gasteiger partial charge in [-0.15, -0.1) is 0 Å². The number of aromatic hydroxyl groups is 1. The maximum absolute atomic E-state index is 12.0. The molecule has 1 rings (SSSR count). The minimum absolute atomic E-state index is 0.000278. The molecule has 12 heavy (non-hydrogen) atoms. The number of nitrogens with zero attached hydrogens (tertiary/aromatic N) is 1. The molecule has 0 aromatic carbocycles. The predicted octanol–water partition coefficient (Wildman–Crippen LogP) is 1.73. The normalized spacial score (nSPS) is 10.3. The molecule has 0 aliphatic rings. The monoisotopic (exact) mass is 175 g/mol. The summed E-state index contributed by atoms with van der Waals surface area (Å²) in [4.78, 5) is 3.31. The minimum atomic E-state index is -2.65. The molecular weight excluding hydrogens is 168 g/mol. The van der Waals surface area contributed by atoms with Gasteiger partial charge in [0.05, 0.1) is 13.3 Å². The topological polar surface area (TPSA) is 42.4 Å². The van der Waals surface area contributed by atoms with Gasteiger partial charge in [-0.3, -0.25) is 4.98 Å². The van der Waals surface area contributed by atoms with E-state index in [0.717, 1.165) is 12.3 Å². The Morgan fingerprint density at radius 2 is 2.25 bits per heavy atom. The van der Waals surface area contributed by atoms with Crippen LogP contribution in [0.15, 0.2) is 12.3 Å². The van der Waals surface area contributed by atoms with Crippen molar-refractivity contribution in [3.05, 3.63) is 18.0 Å². The number of alkyl halides is 2. The molecule has 0 bridgehead atoms. The van der Waals surface area contributed by atoms with Crippen LogP contribution >= 0.6 is 0 Å². The molecule has 5 heteroatoms. The molecule has 0 saturated heterocycles. The lowest BCUT2D eigenvalue weighted by Crippen LogP contribution is -1.92. The quantitative estimate of drug-likeness (QED) is 0.744. The molecule has 0 amide bonds. The van der Waals surface area contributed by atoms with E-state index in [-0.39, 0.29) is 11.5 Å². The van der Waals surface area contributed by atoms with E-state index in [4.69, 9.17) is 5.11 Å². The lowest BCUT2D eigenvalue weighted by molar-refractivity contribution is 0.145. The highest BCUT2D eigenvalue weighted by atomic mass is 19.3. The molecule has 0 atom stereocenters. The summed E-state index contributed by atoms with van der Waals surface area (Å²) in [5.41, 5.74) is -0.412. The smallest absolute Gasteiger partial charge is 0.280 e. The van der Waals surface area contributed by atoms with Gasteiger partial charge in [0.1, 0.15) is 5.69 Å². The summed E-state index contributed by atoms with van der Waals surface area (Å²) in [6, 6.07) is 1.00. The van der Waals surface area contributed by atoms with Crippen molar-refractivity contribution in [2.75, 3.05) is 7.11 Å². The van der Waals surface area contributed by atoms with Crippen LogP contribution < -0.4 is 4.74 Å². The SMILES string of the molecule is COc1cc(C(F)F)ncc1O. The second-order valence-electron chi connectivity index (χ2n) is 2.08. The fourth-order valence-corrected chi connectivity index (χ4v) is 0.728. The summed E-state index contributed by atoms with van der Waals surface area (Å²) in [5.74, 6) is -0.248. The Kier molecular flexibility index (Phi) is 2.42. The third-order valence-corrected chi connectivity index (χ3v) is 1.31. The summed E-state index contributed by atoms with van der Waals surface area (Å²) in [7, 11) is 1.28. The highest BCUT2D eigenvalue weighted by Crippen LogP contribution is 2.28. The molecule has 66 valence electrons. The van der Waals surface area contributed by atoms with Gasteiger partial charge < -0.3 is 9.84 Å². The first-order valence-electron chi connectivity index (χ1n) is 3.16. The third-order valence-electron chi connectivity index (χ3n) is 1.31. The highest BCUT2D eigenvalue weighted by molar-refractivity contribution is 5.37. The first kappa shape index (κ1) is 8.70. The summed E-state index contributed by atoms with van der Waals surface area (Å²) in [6.07, 6.45) is -1.72. The van der Waals surface area contributed by atoms with Gasteiger partial charge in [0, 0.05) is 6.07 Å². The van der Waals surface area contributed by atoms with Crippen LogP contribution in [-0.4, -0.2) is 17.2 Å². The molecule has 0 spiro atoms.